The van der Waals surface area contributed by atoms with Crippen molar-refractivity contribution in [1.82, 2.24) is 20.2 Å². The summed E-state index contributed by atoms with van der Waals surface area (Å²) in [5, 5.41) is 2.89. The quantitative estimate of drug-likeness (QED) is 0.592. The van der Waals surface area contributed by atoms with E-state index in [0.29, 0.717) is 42.2 Å². The molecule has 1 aliphatic heterocycles. The van der Waals surface area contributed by atoms with Gasteiger partial charge < -0.3 is 10.2 Å². The number of nitrogens with one attached hydrogen (secondary N) is 1. The summed E-state index contributed by atoms with van der Waals surface area (Å²) in [7, 11) is 0. The second-order valence-corrected chi connectivity index (χ2v) is 8.23. The Labute approximate surface area is 192 Å². The van der Waals surface area contributed by atoms with Crippen LogP contribution in [0.15, 0.2) is 60.8 Å². The monoisotopic (exact) mass is 446 g/mol. The molecule has 2 amide bonds. The van der Waals surface area contributed by atoms with Crippen molar-refractivity contribution in [2.75, 3.05) is 6.54 Å². The van der Waals surface area contributed by atoms with Crippen molar-refractivity contribution < 1.29 is 14.0 Å². The van der Waals surface area contributed by atoms with E-state index in [1.807, 2.05) is 30.3 Å². The number of carbonyl (C=O) groups is 2. The highest BCUT2D eigenvalue weighted by Gasteiger charge is 2.32. The van der Waals surface area contributed by atoms with Gasteiger partial charge in [-0.1, -0.05) is 48.5 Å². The van der Waals surface area contributed by atoms with E-state index >= 15 is 0 Å². The van der Waals surface area contributed by atoms with Crippen LogP contribution in [0.4, 0.5) is 4.39 Å². The van der Waals surface area contributed by atoms with Crippen LogP contribution < -0.4 is 5.32 Å². The number of amides is 2. The van der Waals surface area contributed by atoms with Gasteiger partial charge >= 0.3 is 0 Å². The van der Waals surface area contributed by atoms with Crippen LogP contribution in [0.5, 0.6) is 0 Å². The summed E-state index contributed by atoms with van der Waals surface area (Å²) in [5.74, 6) is -0.00829. The standard InChI is InChI=1S/C26H27FN4O2/c1-18-21(26(33)29-16-19-8-3-2-4-9-19)17-28-25(30-18)23-12-7-15-31(23)24(32)14-13-20-10-5-6-11-22(20)27/h2-6,8-11,17,23H,7,12-16H2,1H3,(H,29,33). The van der Waals surface area contributed by atoms with Gasteiger partial charge in [-0.3, -0.25) is 9.59 Å². The Morgan fingerprint density at radius 3 is 2.64 bits per heavy atom. The first-order valence-electron chi connectivity index (χ1n) is 11.2. The molecule has 1 atom stereocenters. The smallest absolute Gasteiger partial charge is 0.254 e. The Hall–Kier alpha value is -3.61. The molecule has 1 saturated heterocycles. The topological polar surface area (TPSA) is 75.2 Å². The van der Waals surface area contributed by atoms with E-state index in [-0.39, 0.29) is 30.1 Å². The molecule has 6 nitrogen and oxygen atoms in total. The molecule has 1 aliphatic rings. The van der Waals surface area contributed by atoms with Crippen LogP contribution in [0.1, 0.15) is 58.3 Å². The van der Waals surface area contributed by atoms with Crippen molar-refractivity contribution in [2.24, 2.45) is 0 Å². The number of aryl methyl sites for hydroxylation is 2. The molecule has 1 fully saturated rings. The molecule has 170 valence electrons. The number of nitrogens with zero attached hydrogens (tertiary/aromatic N) is 3. The normalized spacial score (nSPS) is 15.5. The van der Waals surface area contributed by atoms with E-state index in [2.05, 4.69) is 15.3 Å². The molecule has 7 heteroatoms. The average molecular weight is 447 g/mol. The molecule has 2 aromatic carbocycles. The summed E-state index contributed by atoms with van der Waals surface area (Å²) >= 11 is 0. The molecule has 1 aromatic heterocycles. The molecular weight excluding hydrogens is 419 g/mol. The van der Waals surface area contributed by atoms with Crippen molar-refractivity contribution >= 4 is 11.8 Å². The molecule has 2 heterocycles. The Morgan fingerprint density at radius 1 is 1.12 bits per heavy atom. The van der Waals surface area contributed by atoms with Crippen LogP contribution in [0.25, 0.3) is 0 Å². The number of benzene rings is 2. The van der Waals surface area contributed by atoms with Crippen LogP contribution in [0, 0.1) is 12.7 Å². The first kappa shape index (κ1) is 22.6. The maximum absolute atomic E-state index is 13.9. The van der Waals surface area contributed by atoms with Gasteiger partial charge in [0, 0.05) is 25.7 Å². The summed E-state index contributed by atoms with van der Waals surface area (Å²) in [4.78, 5) is 36.3. The zero-order chi connectivity index (χ0) is 23.2. The maximum Gasteiger partial charge on any atom is 0.254 e. The fourth-order valence-electron chi connectivity index (χ4n) is 4.16. The minimum Gasteiger partial charge on any atom is -0.348 e. The zero-order valence-electron chi connectivity index (χ0n) is 18.6. The van der Waals surface area contributed by atoms with Gasteiger partial charge in [0.25, 0.3) is 5.91 Å². The molecular formula is C26H27FN4O2. The van der Waals surface area contributed by atoms with E-state index in [1.165, 1.54) is 12.3 Å². The first-order valence-corrected chi connectivity index (χ1v) is 11.2. The summed E-state index contributed by atoms with van der Waals surface area (Å²) in [6.07, 6.45) is 3.76. The van der Waals surface area contributed by atoms with Crippen molar-refractivity contribution in [3.63, 3.8) is 0 Å². The molecule has 0 radical (unpaired) electrons. The average Bonchev–Trinajstić information content (AvgIpc) is 3.32. The zero-order valence-corrected chi connectivity index (χ0v) is 18.6. The van der Waals surface area contributed by atoms with Crippen LogP contribution in [0.2, 0.25) is 0 Å². The highest BCUT2D eigenvalue weighted by atomic mass is 19.1. The van der Waals surface area contributed by atoms with Gasteiger partial charge in [0.2, 0.25) is 5.91 Å². The molecule has 4 rings (SSSR count). The fraction of sp³-hybridized carbons (Fsp3) is 0.308. The fourth-order valence-corrected chi connectivity index (χ4v) is 4.16. The maximum atomic E-state index is 13.9. The number of halogens is 1. The predicted octanol–water partition coefficient (Wildman–Crippen LogP) is 4.15. The molecule has 33 heavy (non-hydrogen) atoms. The molecule has 0 aliphatic carbocycles. The van der Waals surface area contributed by atoms with E-state index < -0.39 is 0 Å². The lowest BCUT2D eigenvalue weighted by atomic mass is 10.1. The number of carbonyl (C=O) groups excluding carboxylic acids is 2. The van der Waals surface area contributed by atoms with Gasteiger partial charge in [-0.25, -0.2) is 14.4 Å². The SMILES string of the molecule is Cc1nc(C2CCCN2C(=O)CCc2ccccc2F)ncc1C(=O)NCc1ccccc1. The minimum atomic E-state index is -0.289. The number of likely N-dealkylation sites (tertiary alicyclic amines) is 1. The van der Waals surface area contributed by atoms with Gasteiger partial charge in [0.05, 0.1) is 17.3 Å². The van der Waals surface area contributed by atoms with Gasteiger partial charge in [0.15, 0.2) is 5.82 Å². The second kappa shape index (κ2) is 10.3. The highest BCUT2D eigenvalue weighted by Crippen LogP contribution is 2.31. The third kappa shape index (κ3) is 5.42. The van der Waals surface area contributed by atoms with Gasteiger partial charge in [0.1, 0.15) is 5.82 Å². The number of hydrogen-bond acceptors (Lipinski definition) is 4. The lowest BCUT2D eigenvalue weighted by Gasteiger charge is -2.24. The van der Waals surface area contributed by atoms with Crippen molar-refractivity contribution in [1.29, 1.82) is 0 Å². The Kier molecular flexibility index (Phi) is 7.07. The number of hydrogen-bond donors (Lipinski definition) is 1. The van der Waals surface area contributed by atoms with Crippen LogP contribution in [-0.2, 0) is 17.8 Å². The van der Waals surface area contributed by atoms with E-state index in [1.54, 1.807) is 30.0 Å². The Bertz CT molecular complexity index is 1140. The lowest BCUT2D eigenvalue weighted by molar-refractivity contribution is -0.132. The molecule has 1 N–H and O–H groups in total. The predicted molar refractivity (Wildman–Crippen MR) is 123 cm³/mol. The van der Waals surface area contributed by atoms with Gasteiger partial charge in [-0.05, 0) is 43.4 Å². The second-order valence-electron chi connectivity index (χ2n) is 8.23. The molecule has 0 bridgehead atoms. The molecule has 0 spiro atoms. The highest BCUT2D eigenvalue weighted by molar-refractivity contribution is 5.94. The van der Waals surface area contributed by atoms with Crippen LogP contribution >= 0.6 is 0 Å². The lowest BCUT2D eigenvalue weighted by Crippen LogP contribution is -2.32. The van der Waals surface area contributed by atoms with E-state index in [9.17, 15) is 14.0 Å². The third-order valence-corrected chi connectivity index (χ3v) is 5.98. The van der Waals surface area contributed by atoms with Crippen LogP contribution in [-0.4, -0.2) is 33.2 Å². The molecule has 3 aromatic rings. The summed E-state index contributed by atoms with van der Waals surface area (Å²) < 4.78 is 13.9. The van der Waals surface area contributed by atoms with E-state index in [4.69, 9.17) is 0 Å². The van der Waals surface area contributed by atoms with Crippen molar-refractivity contribution in [3.8, 4) is 0 Å². The van der Waals surface area contributed by atoms with Crippen molar-refractivity contribution in [3.05, 3.63) is 94.8 Å². The summed E-state index contributed by atoms with van der Waals surface area (Å²) in [5.41, 5.74) is 2.55. The van der Waals surface area contributed by atoms with E-state index in [0.717, 1.165) is 18.4 Å². The molecule has 1 unspecified atom stereocenters. The third-order valence-electron chi connectivity index (χ3n) is 5.98. The van der Waals surface area contributed by atoms with Gasteiger partial charge in [-0.15, -0.1) is 0 Å². The first-order chi connectivity index (χ1) is 16.0. The van der Waals surface area contributed by atoms with Crippen LogP contribution in [0.3, 0.4) is 0 Å². The van der Waals surface area contributed by atoms with Gasteiger partial charge in [-0.2, -0.15) is 0 Å². The largest absolute Gasteiger partial charge is 0.348 e. The number of rotatable bonds is 7. The number of aromatic nitrogens is 2. The molecule has 0 saturated carbocycles. The minimum absolute atomic E-state index is 0.0355. The summed E-state index contributed by atoms with van der Waals surface area (Å²) in [6.45, 7) is 2.83. The summed E-state index contributed by atoms with van der Waals surface area (Å²) in [6, 6.07) is 16.0. The Balaban J connectivity index is 1.40. The Morgan fingerprint density at radius 2 is 1.88 bits per heavy atom. The van der Waals surface area contributed by atoms with Crippen molar-refractivity contribution in [2.45, 2.75) is 45.2 Å².